The van der Waals surface area contributed by atoms with E-state index in [0.29, 0.717) is 4.68 Å². The molecule has 84 valence electrons. The lowest BCUT2D eigenvalue weighted by Crippen LogP contribution is -2.17. The Balaban J connectivity index is 3.50. The van der Waals surface area contributed by atoms with Crippen LogP contribution in [0.15, 0.2) is 0 Å². The monoisotopic (exact) mass is 222 g/mol. The Bertz CT molecular complexity index is 395. The van der Waals surface area contributed by atoms with Gasteiger partial charge in [0.2, 0.25) is 0 Å². The Morgan fingerprint density at radius 3 is 2.40 bits per heavy atom. The van der Waals surface area contributed by atoms with E-state index in [9.17, 15) is 18.0 Å². The van der Waals surface area contributed by atoms with Gasteiger partial charge in [-0.3, -0.25) is 4.68 Å². The molecule has 0 aliphatic carbocycles. The smallest absolute Gasteiger partial charge is 0.433 e. The topological polar surface area (TPSA) is 55.1 Å². The summed E-state index contributed by atoms with van der Waals surface area (Å²) in [5.41, 5.74) is -2.10. The number of aromatic nitrogens is 2. The second kappa shape index (κ2) is 3.56. The average molecular weight is 222 g/mol. The number of halogens is 3. The molecule has 0 radical (unpaired) electrons. The Labute approximate surface area is 83.3 Å². The van der Waals surface area contributed by atoms with Crippen LogP contribution in [0.3, 0.4) is 0 Å². The van der Waals surface area contributed by atoms with Crippen molar-refractivity contribution in [1.29, 1.82) is 0 Å². The SMILES string of the molecule is CCn1nc(C)c(C(=O)O)c1C(F)(F)F. The molecule has 0 unspecified atom stereocenters. The predicted molar refractivity (Wildman–Crippen MR) is 44.6 cm³/mol. The number of hydrogen-bond acceptors (Lipinski definition) is 2. The van der Waals surface area contributed by atoms with E-state index >= 15 is 0 Å². The molecule has 0 aliphatic heterocycles. The number of carboxylic acids is 1. The van der Waals surface area contributed by atoms with Gasteiger partial charge in [0.15, 0.2) is 5.69 Å². The van der Waals surface area contributed by atoms with Crippen molar-refractivity contribution in [2.24, 2.45) is 0 Å². The number of carboxylic acid groups (broad SMARTS) is 1. The molecule has 7 heteroatoms. The van der Waals surface area contributed by atoms with Gasteiger partial charge in [-0.15, -0.1) is 0 Å². The van der Waals surface area contributed by atoms with Crippen LogP contribution in [0.2, 0.25) is 0 Å². The highest BCUT2D eigenvalue weighted by atomic mass is 19.4. The molecule has 0 bridgehead atoms. The summed E-state index contributed by atoms with van der Waals surface area (Å²) in [5.74, 6) is -1.61. The highest BCUT2D eigenvalue weighted by molar-refractivity contribution is 5.90. The van der Waals surface area contributed by atoms with Crippen LogP contribution in [0.1, 0.15) is 28.7 Å². The third kappa shape index (κ3) is 1.95. The standard InChI is InChI=1S/C8H9F3N2O2/c1-3-13-6(8(9,10)11)5(7(14)15)4(2)12-13/h3H2,1-2H3,(H,14,15). The predicted octanol–water partition coefficient (Wildman–Crippen LogP) is 1.93. The highest BCUT2D eigenvalue weighted by Gasteiger charge is 2.41. The maximum Gasteiger partial charge on any atom is 0.433 e. The Hall–Kier alpha value is -1.53. The van der Waals surface area contributed by atoms with Gasteiger partial charge in [0.25, 0.3) is 0 Å². The summed E-state index contributed by atoms with van der Waals surface area (Å²) in [6.07, 6.45) is -4.70. The first kappa shape index (κ1) is 11.5. The number of carbonyl (C=O) groups is 1. The van der Waals surface area contributed by atoms with E-state index in [0.717, 1.165) is 0 Å². The number of aromatic carboxylic acids is 1. The molecule has 0 saturated heterocycles. The zero-order valence-electron chi connectivity index (χ0n) is 8.09. The Morgan fingerprint density at radius 2 is 2.07 bits per heavy atom. The molecule has 0 amide bonds. The molecule has 0 aromatic carbocycles. The molecule has 0 saturated carbocycles. The van der Waals surface area contributed by atoms with Crippen LogP contribution in [0.5, 0.6) is 0 Å². The molecule has 1 aromatic rings. The van der Waals surface area contributed by atoms with Gasteiger partial charge in [0, 0.05) is 6.54 Å². The zero-order valence-corrected chi connectivity index (χ0v) is 8.09. The third-order valence-corrected chi connectivity index (χ3v) is 1.91. The average Bonchev–Trinajstić information content (AvgIpc) is 2.41. The van der Waals surface area contributed by atoms with E-state index in [1.54, 1.807) is 0 Å². The van der Waals surface area contributed by atoms with Crippen LogP contribution in [0, 0.1) is 6.92 Å². The van der Waals surface area contributed by atoms with Crippen molar-refractivity contribution in [3.8, 4) is 0 Å². The van der Waals surface area contributed by atoms with Gasteiger partial charge in [-0.1, -0.05) is 0 Å². The van der Waals surface area contributed by atoms with Gasteiger partial charge in [0.1, 0.15) is 5.56 Å². The first-order valence-electron chi connectivity index (χ1n) is 4.17. The minimum Gasteiger partial charge on any atom is -0.478 e. The molecular formula is C8H9F3N2O2. The maximum absolute atomic E-state index is 12.5. The largest absolute Gasteiger partial charge is 0.478 e. The van der Waals surface area contributed by atoms with Crippen molar-refractivity contribution in [2.45, 2.75) is 26.6 Å². The second-order valence-electron chi connectivity index (χ2n) is 2.93. The fraction of sp³-hybridized carbons (Fsp3) is 0.500. The molecule has 15 heavy (non-hydrogen) atoms. The fourth-order valence-electron chi connectivity index (χ4n) is 1.35. The molecule has 0 aliphatic rings. The zero-order chi connectivity index (χ0) is 11.8. The molecule has 0 spiro atoms. The van der Waals surface area contributed by atoms with Gasteiger partial charge >= 0.3 is 12.1 Å². The summed E-state index contributed by atoms with van der Waals surface area (Å²) in [7, 11) is 0. The van der Waals surface area contributed by atoms with Gasteiger partial charge in [0.05, 0.1) is 5.69 Å². The Morgan fingerprint density at radius 1 is 1.53 bits per heavy atom. The normalized spacial score (nSPS) is 11.8. The van der Waals surface area contributed by atoms with E-state index in [-0.39, 0.29) is 12.2 Å². The summed E-state index contributed by atoms with van der Waals surface area (Å²) < 4.78 is 38.3. The van der Waals surface area contributed by atoms with Crippen molar-refractivity contribution in [2.75, 3.05) is 0 Å². The molecule has 1 aromatic heterocycles. The quantitative estimate of drug-likeness (QED) is 0.831. The molecule has 1 N–H and O–H groups in total. The fourth-order valence-corrected chi connectivity index (χ4v) is 1.35. The summed E-state index contributed by atoms with van der Waals surface area (Å²) in [6, 6.07) is 0. The number of aryl methyl sites for hydroxylation is 2. The minimum absolute atomic E-state index is 0.0248. The lowest BCUT2D eigenvalue weighted by Gasteiger charge is -2.09. The lowest BCUT2D eigenvalue weighted by atomic mass is 10.2. The van der Waals surface area contributed by atoms with Gasteiger partial charge < -0.3 is 5.11 Å². The van der Waals surface area contributed by atoms with Crippen molar-refractivity contribution >= 4 is 5.97 Å². The van der Waals surface area contributed by atoms with Crippen LogP contribution in [0.25, 0.3) is 0 Å². The van der Waals surface area contributed by atoms with E-state index in [1.807, 2.05) is 0 Å². The van der Waals surface area contributed by atoms with Crippen molar-refractivity contribution in [3.05, 3.63) is 17.0 Å². The summed E-state index contributed by atoms with van der Waals surface area (Å²) in [4.78, 5) is 10.7. The van der Waals surface area contributed by atoms with E-state index in [2.05, 4.69) is 5.10 Å². The van der Waals surface area contributed by atoms with Crippen molar-refractivity contribution in [3.63, 3.8) is 0 Å². The summed E-state index contributed by atoms with van der Waals surface area (Å²) in [5, 5.41) is 12.2. The molecule has 4 nitrogen and oxygen atoms in total. The third-order valence-electron chi connectivity index (χ3n) is 1.91. The summed E-state index contributed by atoms with van der Waals surface area (Å²) in [6.45, 7) is 2.68. The van der Waals surface area contributed by atoms with E-state index in [4.69, 9.17) is 5.11 Å². The van der Waals surface area contributed by atoms with Crippen molar-refractivity contribution < 1.29 is 23.1 Å². The first-order valence-corrected chi connectivity index (χ1v) is 4.17. The maximum atomic E-state index is 12.5. The van der Waals surface area contributed by atoms with Crippen LogP contribution < -0.4 is 0 Å². The van der Waals surface area contributed by atoms with Gasteiger partial charge in [-0.2, -0.15) is 18.3 Å². The highest BCUT2D eigenvalue weighted by Crippen LogP contribution is 2.33. The second-order valence-corrected chi connectivity index (χ2v) is 2.93. The molecule has 1 heterocycles. The van der Waals surface area contributed by atoms with Crippen molar-refractivity contribution in [1.82, 2.24) is 9.78 Å². The minimum atomic E-state index is -4.70. The summed E-state index contributed by atoms with van der Waals surface area (Å²) >= 11 is 0. The first-order chi connectivity index (χ1) is 6.79. The van der Waals surface area contributed by atoms with Crippen LogP contribution in [-0.2, 0) is 12.7 Å². The number of alkyl halides is 3. The van der Waals surface area contributed by atoms with E-state index in [1.165, 1.54) is 13.8 Å². The van der Waals surface area contributed by atoms with Gasteiger partial charge in [-0.25, -0.2) is 4.79 Å². The molecular weight excluding hydrogens is 213 g/mol. The number of nitrogens with zero attached hydrogens (tertiary/aromatic N) is 2. The van der Waals surface area contributed by atoms with Gasteiger partial charge in [-0.05, 0) is 13.8 Å². The van der Waals surface area contributed by atoms with E-state index < -0.39 is 23.4 Å². The molecule has 1 rings (SSSR count). The lowest BCUT2D eigenvalue weighted by molar-refractivity contribution is -0.144. The van der Waals surface area contributed by atoms with Crippen LogP contribution in [0.4, 0.5) is 13.2 Å². The number of rotatable bonds is 2. The van der Waals surface area contributed by atoms with Crippen LogP contribution >= 0.6 is 0 Å². The number of hydrogen-bond donors (Lipinski definition) is 1. The molecule has 0 fully saturated rings. The Kier molecular flexibility index (Phi) is 2.74. The van der Waals surface area contributed by atoms with Crippen LogP contribution in [-0.4, -0.2) is 20.9 Å². The molecule has 0 atom stereocenters.